The molecule has 0 aliphatic carbocycles. The van der Waals surface area contributed by atoms with Crippen molar-refractivity contribution in [3.63, 3.8) is 0 Å². The summed E-state index contributed by atoms with van der Waals surface area (Å²) in [6, 6.07) is 3.58. The Morgan fingerprint density at radius 3 is 3.11 bits per heavy atom. The van der Waals surface area contributed by atoms with Gasteiger partial charge >= 0.3 is 0 Å². The Labute approximate surface area is 110 Å². The van der Waals surface area contributed by atoms with Crippen molar-refractivity contribution in [1.82, 2.24) is 20.0 Å². The molecule has 0 unspecified atom stereocenters. The highest BCUT2D eigenvalue weighted by atomic mass is 35.5. The number of rotatable bonds is 6. The SMILES string of the molecule is OCCCn1cc(CNc2ccnc(Cl)c2)nn1. The molecule has 0 saturated carbocycles. The van der Waals surface area contributed by atoms with Gasteiger partial charge in [-0.05, 0) is 18.6 Å². The van der Waals surface area contributed by atoms with Crippen LogP contribution in [-0.2, 0) is 13.1 Å². The van der Waals surface area contributed by atoms with E-state index in [2.05, 4.69) is 20.6 Å². The third-order valence-corrected chi connectivity index (χ3v) is 2.54. The summed E-state index contributed by atoms with van der Waals surface area (Å²) in [5, 5.41) is 20.3. The number of nitrogens with zero attached hydrogens (tertiary/aromatic N) is 4. The maximum Gasteiger partial charge on any atom is 0.131 e. The van der Waals surface area contributed by atoms with Crippen LogP contribution in [-0.4, -0.2) is 31.7 Å². The fraction of sp³-hybridized carbons (Fsp3) is 0.364. The lowest BCUT2D eigenvalue weighted by atomic mass is 10.4. The Kier molecular flexibility index (Phi) is 4.49. The topological polar surface area (TPSA) is 75.9 Å². The lowest BCUT2D eigenvalue weighted by Crippen LogP contribution is -2.01. The minimum absolute atomic E-state index is 0.156. The molecule has 96 valence electrons. The summed E-state index contributed by atoms with van der Waals surface area (Å²) in [4.78, 5) is 3.90. The van der Waals surface area contributed by atoms with E-state index in [1.165, 1.54) is 0 Å². The van der Waals surface area contributed by atoms with Crippen molar-refractivity contribution >= 4 is 17.3 Å². The molecule has 2 aromatic rings. The van der Waals surface area contributed by atoms with E-state index in [4.69, 9.17) is 16.7 Å². The van der Waals surface area contributed by atoms with Crippen LogP contribution < -0.4 is 5.32 Å². The van der Waals surface area contributed by atoms with Gasteiger partial charge in [0.1, 0.15) is 10.8 Å². The van der Waals surface area contributed by atoms with E-state index in [-0.39, 0.29) is 6.61 Å². The Morgan fingerprint density at radius 2 is 2.33 bits per heavy atom. The number of pyridine rings is 1. The molecule has 2 rings (SSSR count). The highest BCUT2D eigenvalue weighted by Gasteiger charge is 2.01. The highest BCUT2D eigenvalue weighted by molar-refractivity contribution is 6.29. The first-order valence-electron chi connectivity index (χ1n) is 5.63. The summed E-state index contributed by atoms with van der Waals surface area (Å²) < 4.78 is 1.72. The van der Waals surface area contributed by atoms with E-state index in [1.807, 2.05) is 12.3 Å². The molecule has 0 saturated heterocycles. The van der Waals surface area contributed by atoms with E-state index in [0.29, 0.717) is 24.7 Å². The first-order valence-corrected chi connectivity index (χ1v) is 6.01. The number of hydrogen-bond donors (Lipinski definition) is 2. The molecule has 2 heterocycles. The average molecular weight is 268 g/mol. The fourth-order valence-corrected chi connectivity index (χ4v) is 1.64. The van der Waals surface area contributed by atoms with E-state index >= 15 is 0 Å². The Hall–Kier alpha value is -1.66. The lowest BCUT2D eigenvalue weighted by Gasteiger charge is -2.03. The second-order valence-corrected chi connectivity index (χ2v) is 4.16. The number of aromatic nitrogens is 4. The smallest absolute Gasteiger partial charge is 0.131 e. The second kappa shape index (κ2) is 6.32. The first kappa shape index (κ1) is 12.8. The van der Waals surface area contributed by atoms with Crippen molar-refractivity contribution in [2.24, 2.45) is 0 Å². The molecular weight excluding hydrogens is 254 g/mol. The molecule has 0 radical (unpaired) electrons. The molecule has 2 aromatic heterocycles. The summed E-state index contributed by atoms with van der Waals surface area (Å²) in [5.41, 5.74) is 1.72. The minimum atomic E-state index is 0.156. The van der Waals surface area contributed by atoms with Gasteiger partial charge in [-0.1, -0.05) is 16.8 Å². The van der Waals surface area contributed by atoms with Crippen LogP contribution in [0.25, 0.3) is 0 Å². The second-order valence-electron chi connectivity index (χ2n) is 3.77. The zero-order chi connectivity index (χ0) is 12.8. The van der Waals surface area contributed by atoms with Gasteiger partial charge in [0.15, 0.2) is 0 Å². The van der Waals surface area contributed by atoms with Crippen molar-refractivity contribution in [2.45, 2.75) is 19.5 Å². The Morgan fingerprint density at radius 1 is 1.44 bits per heavy atom. The molecule has 0 spiro atoms. The monoisotopic (exact) mass is 267 g/mol. The molecule has 0 amide bonds. The molecular formula is C11H14ClN5O. The van der Waals surface area contributed by atoms with Gasteiger partial charge < -0.3 is 10.4 Å². The molecule has 18 heavy (non-hydrogen) atoms. The predicted octanol–water partition coefficient (Wildman–Crippen LogP) is 1.32. The number of halogens is 1. The molecule has 0 aliphatic heterocycles. The van der Waals surface area contributed by atoms with Crippen molar-refractivity contribution < 1.29 is 5.11 Å². The van der Waals surface area contributed by atoms with E-state index in [9.17, 15) is 0 Å². The van der Waals surface area contributed by atoms with Crippen LogP contribution in [0.3, 0.4) is 0 Å². The molecule has 6 nitrogen and oxygen atoms in total. The summed E-state index contributed by atoms with van der Waals surface area (Å²) in [5.74, 6) is 0. The zero-order valence-electron chi connectivity index (χ0n) is 9.75. The number of hydrogen-bond acceptors (Lipinski definition) is 5. The van der Waals surface area contributed by atoms with Gasteiger partial charge in [-0.15, -0.1) is 5.10 Å². The van der Waals surface area contributed by atoms with E-state index in [0.717, 1.165) is 11.4 Å². The highest BCUT2D eigenvalue weighted by Crippen LogP contribution is 2.12. The van der Waals surface area contributed by atoms with Crippen LogP contribution in [0.4, 0.5) is 5.69 Å². The number of anilines is 1. The van der Waals surface area contributed by atoms with E-state index in [1.54, 1.807) is 16.9 Å². The van der Waals surface area contributed by atoms with Gasteiger partial charge in [0, 0.05) is 25.0 Å². The molecule has 0 aromatic carbocycles. The summed E-state index contributed by atoms with van der Waals surface area (Å²) in [6.45, 7) is 1.40. The molecule has 7 heteroatoms. The third-order valence-electron chi connectivity index (χ3n) is 2.33. The molecule has 2 N–H and O–H groups in total. The van der Waals surface area contributed by atoms with Crippen LogP contribution in [0.15, 0.2) is 24.5 Å². The van der Waals surface area contributed by atoms with Crippen LogP contribution in [0.5, 0.6) is 0 Å². The summed E-state index contributed by atoms with van der Waals surface area (Å²) in [7, 11) is 0. The minimum Gasteiger partial charge on any atom is -0.396 e. The van der Waals surface area contributed by atoms with Crippen molar-refractivity contribution in [1.29, 1.82) is 0 Å². The summed E-state index contributed by atoms with van der Waals surface area (Å²) in [6.07, 6.45) is 4.17. The Balaban J connectivity index is 1.88. The van der Waals surface area contributed by atoms with Gasteiger partial charge in [-0.25, -0.2) is 4.98 Å². The number of nitrogens with one attached hydrogen (secondary N) is 1. The zero-order valence-corrected chi connectivity index (χ0v) is 10.5. The largest absolute Gasteiger partial charge is 0.396 e. The van der Waals surface area contributed by atoms with Gasteiger partial charge in [-0.2, -0.15) is 0 Å². The van der Waals surface area contributed by atoms with Gasteiger partial charge in [-0.3, -0.25) is 4.68 Å². The molecule has 0 fully saturated rings. The van der Waals surface area contributed by atoms with Crippen molar-refractivity contribution in [3.05, 3.63) is 35.4 Å². The van der Waals surface area contributed by atoms with Crippen LogP contribution in [0, 0.1) is 0 Å². The van der Waals surface area contributed by atoms with Gasteiger partial charge in [0.05, 0.1) is 12.7 Å². The summed E-state index contributed by atoms with van der Waals surface area (Å²) >= 11 is 5.78. The Bertz CT molecular complexity index is 502. The maximum absolute atomic E-state index is 8.72. The normalized spacial score (nSPS) is 10.6. The molecule has 0 bridgehead atoms. The van der Waals surface area contributed by atoms with Gasteiger partial charge in [0.25, 0.3) is 0 Å². The quantitative estimate of drug-likeness (QED) is 0.772. The number of aliphatic hydroxyl groups excluding tert-OH is 1. The number of aliphatic hydroxyl groups is 1. The standard InChI is InChI=1S/C11H14ClN5O/c12-11-6-9(2-3-13-11)14-7-10-8-17(16-15-10)4-1-5-18/h2-3,6,8,18H,1,4-5,7H2,(H,13,14). The number of aryl methyl sites for hydroxylation is 1. The molecule has 0 aliphatic rings. The van der Waals surface area contributed by atoms with Crippen LogP contribution >= 0.6 is 11.6 Å². The van der Waals surface area contributed by atoms with Gasteiger partial charge in [0.2, 0.25) is 0 Å². The third kappa shape index (κ3) is 3.68. The van der Waals surface area contributed by atoms with Crippen LogP contribution in [0.1, 0.15) is 12.1 Å². The molecule has 0 atom stereocenters. The average Bonchev–Trinajstić information content (AvgIpc) is 2.82. The predicted molar refractivity (Wildman–Crippen MR) is 68.3 cm³/mol. The van der Waals surface area contributed by atoms with Crippen molar-refractivity contribution in [2.75, 3.05) is 11.9 Å². The van der Waals surface area contributed by atoms with Crippen molar-refractivity contribution in [3.8, 4) is 0 Å². The first-order chi connectivity index (χ1) is 8.78. The van der Waals surface area contributed by atoms with Crippen LogP contribution in [0.2, 0.25) is 5.15 Å². The lowest BCUT2D eigenvalue weighted by molar-refractivity contribution is 0.276. The fourth-order valence-electron chi connectivity index (χ4n) is 1.47. The maximum atomic E-state index is 8.72. The van der Waals surface area contributed by atoms with E-state index < -0.39 is 0 Å².